The van der Waals surface area contributed by atoms with Gasteiger partial charge >= 0.3 is 0 Å². The van der Waals surface area contributed by atoms with Crippen LogP contribution in [0.15, 0.2) is 22.7 Å². The van der Waals surface area contributed by atoms with E-state index in [9.17, 15) is 8.42 Å². The van der Waals surface area contributed by atoms with E-state index in [1.807, 2.05) is 13.0 Å². The lowest BCUT2D eigenvalue weighted by atomic mass is 10.2. The van der Waals surface area contributed by atoms with Crippen molar-refractivity contribution >= 4 is 31.8 Å². The van der Waals surface area contributed by atoms with Gasteiger partial charge < -0.3 is 4.74 Å². The van der Waals surface area contributed by atoms with Gasteiger partial charge in [0.2, 0.25) is 0 Å². The molecular formula is C10H15BrN2O3S. The van der Waals surface area contributed by atoms with Gasteiger partial charge in [0, 0.05) is 18.1 Å². The van der Waals surface area contributed by atoms with Crippen molar-refractivity contribution < 1.29 is 13.2 Å². The van der Waals surface area contributed by atoms with Crippen molar-refractivity contribution in [2.45, 2.75) is 6.92 Å². The number of aryl methyl sites for hydroxylation is 1. The van der Waals surface area contributed by atoms with Crippen molar-refractivity contribution in [1.82, 2.24) is 4.72 Å². The van der Waals surface area contributed by atoms with Gasteiger partial charge in [0.15, 0.2) is 0 Å². The second-order valence-corrected chi connectivity index (χ2v) is 5.83. The van der Waals surface area contributed by atoms with Crippen LogP contribution in [0.4, 0.5) is 5.69 Å². The third kappa shape index (κ3) is 5.03. The first kappa shape index (κ1) is 14.4. The maximum atomic E-state index is 11.6. The van der Waals surface area contributed by atoms with Gasteiger partial charge in [-0.05, 0) is 40.5 Å². The van der Waals surface area contributed by atoms with E-state index in [4.69, 9.17) is 4.74 Å². The summed E-state index contributed by atoms with van der Waals surface area (Å²) in [6, 6.07) is 5.43. The maximum absolute atomic E-state index is 11.6. The Hall–Kier alpha value is -0.630. The van der Waals surface area contributed by atoms with Crippen molar-refractivity contribution in [2.24, 2.45) is 0 Å². The highest BCUT2D eigenvalue weighted by Gasteiger charge is 2.11. The van der Waals surface area contributed by atoms with Crippen molar-refractivity contribution in [3.63, 3.8) is 0 Å². The first-order valence-electron chi connectivity index (χ1n) is 4.97. The Morgan fingerprint density at radius 2 is 2.12 bits per heavy atom. The predicted octanol–water partition coefficient (Wildman–Crippen LogP) is 1.65. The molecule has 0 saturated carbocycles. The normalized spacial score (nSPS) is 11.5. The number of hydrogen-bond donors (Lipinski definition) is 2. The molecule has 0 fully saturated rings. The van der Waals surface area contributed by atoms with Crippen LogP contribution in [0.25, 0.3) is 0 Å². The number of halogens is 1. The Balaban J connectivity index is 2.72. The average molecular weight is 323 g/mol. The topological polar surface area (TPSA) is 67.4 Å². The summed E-state index contributed by atoms with van der Waals surface area (Å²) >= 11 is 3.29. The molecule has 1 aromatic carbocycles. The first-order chi connectivity index (χ1) is 7.94. The van der Waals surface area contributed by atoms with Crippen LogP contribution < -0.4 is 9.44 Å². The molecule has 0 atom stereocenters. The molecule has 0 radical (unpaired) electrons. The Morgan fingerprint density at radius 1 is 1.41 bits per heavy atom. The maximum Gasteiger partial charge on any atom is 0.299 e. The number of ether oxygens (including phenoxy) is 1. The van der Waals surface area contributed by atoms with Gasteiger partial charge in [-0.15, -0.1) is 0 Å². The van der Waals surface area contributed by atoms with E-state index in [1.54, 1.807) is 12.1 Å². The molecule has 96 valence electrons. The molecule has 0 heterocycles. The molecule has 0 unspecified atom stereocenters. The van der Waals surface area contributed by atoms with Crippen LogP contribution in [0, 0.1) is 6.92 Å². The minimum Gasteiger partial charge on any atom is -0.383 e. The molecule has 0 aliphatic carbocycles. The van der Waals surface area contributed by atoms with Gasteiger partial charge in [0.25, 0.3) is 10.2 Å². The minimum atomic E-state index is -3.56. The molecule has 0 aliphatic heterocycles. The third-order valence-electron chi connectivity index (χ3n) is 1.96. The highest BCUT2D eigenvalue weighted by atomic mass is 79.9. The molecule has 1 rings (SSSR count). The smallest absolute Gasteiger partial charge is 0.299 e. The fourth-order valence-electron chi connectivity index (χ4n) is 1.18. The lowest BCUT2D eigenvalue weighted by Gasteiger charge is -2.11. The summed E-state index contributed by atoms with van der Waals surface area (Å²) in [6.45, 7) is 2.45. The zero-order valence-electron chi connectivity index (χ0n) is 9.66. The summed E-state index contributed by atoms with van der Waals surface area (Å²) in [6.07, 6.45) is 0. The quantitative estimate of drug-likeness (QED) is 0.782. The lowest BCUT2D eigenvalue weighted by molar-refractivity contribution is 0.204. The van der Waals surface area contributed by atoms with Crippen LogP contribution in [0.1, 0.15) is 5.56 Å². The molecule has 0 saturated heterocycles. The number of hydrogen-bond acceptors (Lipinski definition) is 3. The molecule has 17 heavy (non-hydrogen) atoms. The summed E-state index contributed by atoms with van der Waals surface area (Å²) < 4.78 is 33.6. The van der Waals surface area contributed by atoms with E-state index in [0.29, 0.717) is 16.8 Å². The SMILES string of the molecule is COCCNS(=O)(=O)Nc1cc(C)ccc1Br. The van der Waals surface area contributed by atoms with E-state index in [2.05, 4.69) is 25.4 Å². The summed E-state index contributed by atoms with van der Waals surface area (Å²) in [4.78, 5) is 0. The van der Waals surface area contributed by atoms with Gasteiger partial charge in [0.05, 0.1) is 12.3 Å². The van der Waals surface area contributed by atoms with E-state index in [1.165, 1.54) is 7.11 Å². The van der Waals surface area contributed by atoms with E-state index < -0.39 is 10.2 Å². The third-order valence-corrected chi connectivity index (χ3v) is 3.73. The Labute approximate surface area is 110 Å². The van der Waals surface area contributed by atoms with E-state index in [0.717, 1.165) is 5.56 Å². The minimum absolute atomic E-state index is 0.231. The van der Waals surface area contributed by atoms with Crippen LogP contribution in [0.3, 0.4) is 0 Å². The van der Waals surface area contributed by atoms with Gasteiger partial charge in [-0.3, -0.25) is 4.72 Å². The first-order valence-corrected chi connectivity index (χ1v) is 7.25. The zero-order valence-corrected chi connectivity index (χ0v) is 12.1. The molecule has 5 nitrogen and oxygen atoms in total. The number of benzene rings is 1. The van der Waals surface area contributed by atoms with Gasteiger partial charge in [-0.25, -0.2) is 0 Å². The fraction of sp³-hybridized carbons (Fsp3) is 0.400. The van der Waals surface area contributed by atoms with Crippen molar-refractivity contribution in [2.75, 3.05) is 25.0 Å². The lowest BCUT2D eigenvalue weighted by Crippen LogP contribution is -2.32. The van der Waals surface area contributed by atoms with Gasteiger partial charge in [-0.2, -0.15) is 13.1 Å². The van der Waals surface area contributed by atoms with Gasteiger partial charge in [-0.1, -0.05) is 6.07 Å². The second kappa shape index (κ2) is 6.34. The highest BCUT2D eigenvalue weighted by molar-refractivity contribution is 9.10. The monoisotopic (exact) mass is 322 g/mol. The van der Waals surface area contributed by atoms with Crippen molar-refractivity contribution in [3.05, 3.63) is 28.2 Å². The molecule has 0 bridgehead atoms. The van der Waals surface area contributed by atoms with E-state index in [-0.39, 0.29) is 6.54 Å². The van der Waals surface area contributed by atoms with Crippen molar-refractivity contribution in [3.8, 4) is 0 Å². The summed E-state index contributed by atoms with van der Waals surface area (Å²) in [7, 11) is -2.04. The number of rotatable bonds is 6. The summed E-state index contributed by atoms with van der Waals surface area (Å²) in [5, 5.41) is 0. The Bertz CT molecular complexity index is 476. The van der Waals surface area contributed by atoms with Gasteiger partial charge in [0.1, 0.15) is 0 Å². The van der Waals surface area contributed by atoms with Crippen LogP contribution in [-0.2, 0) is 14.9 Å². The molecule has 7 heteroatoms. The predicted molar refractivity (Wildman–Crippen MR) is 71.3 cm³/mol. The summed E-state index contributed by atoms with van der Waals surface area (Å²) in [5.41, 5.74) is 1.48. The van der Waals surface area contributed by atoms with Crippen LogP contribution >= 0.6 is 15.9 Å². The molecule has 0 amide bonds. The average Bonchev–Trinajstić information content (AvgIpc) is 2.23. The van der Waals surface area contributed by atoms with Crippen molar-refractivity contribution in [1.29, 1.82) is 0 Å². The molecule has 0 spiro atoms. The highest BCUT2D eigenvalue weighted by Crippen LogP contribution is 2.23. The molecular weight excluding hydrogens is 308 g/mol. The van der Waals surface area contributed by atoms with Crippen LogP contribution in [0.2, 0.25) is 0 Å². The molecule has 1 aromatic rings. The Kier molecular flexibility index (Phi) is 5.38. The second-order valence-electron chi connectivity index (χ2n) is 3.48. The van der Waals surface area contributed by atoms with E-state index >= 15 is 0 Å². The zero-order chi connectivity index (χ0) is 12.9. The molecule has 2 N–H and O–H groups in total. The van der Waals surface area contributed by atoms with Crippen LogP contribution in [0.5, 0.6) is 0 Å². The fourth-order valence-corrected chi connectivity index (χ4v) is 2.54. The standard InChI is InChI=1S/C10H15BrN2O3S/c1-8-3-4-9(11)10(7-8)13-17(14,15)12-5-6-16-2/h3-4,7,12-13H,5-6H2,1-2H3. The molecule has 0 aliphatic rings. The number of nitrogens with one attached hydrogen (secondary N) is 2. The largest absolute Gasteiger partial charge is 0.383 e. The summed E-state index contributed by atoms with van der Waals surface area (Å²) in [5.74, 6) is 0. The Morgan fingerprint density at radius 3 is 2.76 bits per heavy atom. The molecule has 0 aromatic heterocycles. The number of anilines is 1. The number of methoxy groups -OCH3 is 1. The van der Waals surface area contributed by atoms with Crippen LogP contribution in [-0.4, -0.2) is 28.7 Å².